The minimum Gasteiger partial charge on any atom is -0.504 e. The van der Waals surface area contributed by atoms with Gasteiger partial charge in [-0.1, -0.05) is 23.7 Å². The van der Waals surface area contributed by atoms with Crippen molar-refractivity contribution < 1.29 is 10.2 Å². The number of hydrogen-bond acceptors (Lipinski definition) is 4. The van der Waals surface area contributed by atoms with E-state index in [9.17, 15) is 10.2 Å². The van der Waals surface area contributed by atoms with Crippen LogP contribution >= 0.6 is 23.4 Å². The minimum absolute atomic E-state index is 0.0111. The van der Waals surface area contributed by atoms with Crippen molar-refractivity contribution in [3.05, 3.63) is 52.0 Å². The van der Waals surface area contributed by atoms with Crippen LogP contribution in [0.25, 0.3) is 0 Å². The highest BCUT2D eigenvalue weighted by Crippen LogP contribution is 2.44. The van der Waals surface area contributed by atoms with E-state index >= 15 is 0 Å². The Bertz CT molecular complexity index is 688. The van der Waals surface area contributed by atoms with Crippen LogP contribution in [0.2, 0.25) is 5.02 Å². The first-order valence-electron chi connectivity index (χ1n) is 7.19. The lowest BCUT2D eigenvalue weighted by Crippen LogP contribution is -2.20. The molecule has 1 unspecified atom stereocenters. The van der Waals surface area contributed by atoms with Gasteiger partial charge in [-0.2, -0.15) is 0 Å². The molecule has 0 radical (unpaired) electrons. The molecule has 1 heterocycles. The van der Waals surface area contributed by atoms with Crippen LogP contribution in [-0.2, 0) is 6.42 Å². The van der Waals surface area contributed by atoms with Gasteiger partial charge in [0.1, 0.15) is 0 Å². The van der Waals surface area contributed by atoms with Gasteiger partial charge in [-0.05, 0) is 54.1 Å². The van der Waals surface area contributed by atoms with Gasteiger partial charge in [0, 0.05) is 17.5 Å². The quantitative estimate of drug-likeness (QED) is 0.578. The number of phenolic OH excluding ortho intramolecular Hbond substituents is 2. The molecular weight excluding hydrogens is 318 g/mol. The van der Waals surface area contributed by atoms with Gasteiger partial charge in [0.2, 0.25) is 0 Å². The first-order chi connectivity index (χ1) is 10.6. The molecule has 0 bridgehead atoms. The lowest BCUT2D eigenvalue weighted by molar-refractivity contribution is 0.393. The first kappa shape index (κ1) is 15.5. The maximum atomic E-state index is 10.1. The molecule has 0 saturated carbocycles. The summed E-state index contributed by atoms with van der Waals surface area (Å²) in [6.07, 6.45) is 2.76. The number of aromatic hydroxyl groups is 2. The second kappa shape index (κ2) is 6.41. The van der Waals surface area contributed by atoms with Crippen molar-refractivity contribution in [2.45, 2.75) is 17.2 Å². The summed E-state index contributed by atoms with van der Waals surface area (Å²) in [7, 11) is 0. The van der Waals surface area contributed by atoms with Crippen molar-refractivity contribution >= 4 is 23.4 Å². The molecule has 0 spiro atoms. The molecule has 0 aromatic heterocycles. The standard InChI is InChI=1S/C17H18ClNO2S/c1-22-17-12-6-7-19-9-14(10-2-4-11(18)5-3-10)13(12)8-15(20)16(17)21/h2-5,8,14,19-21H,6-7,9H2,1H3. The third-order valence-electron chi connectivity index (χ3n) is 4.12. The SMILES string of the molecule is CSc1c(O)c(O)cc2c1CCNCC2c1ccc(Cl)cc1. The van der Waals surface area contributed by atoms with Gasteiger partial charge < -0.3 is 15.5 Å². The second-order valence-electron chi connectivity index (χ2n) is 5.40. The van der Waals surface area contributed by atoms with Crippen LogP contribution in [0, 0.1) is 0 Å². The Hall–Kier alpha value is -1.36. The Balaban J connectivity index is 2.16. The average Bonchev–Trinajstić information content (AvgIpc) is 2.72. The van der Waals surface area contributed by atoms with Crippen molar-refractivity contribution in [2.24, 2.45) is 0 Å². The number of nitrogens with one attached hydrogen (secondary N) is 1. The number of rotatable bonds is 2. The van der Waals surface area contributed by atoms with E-state index in [1.54, 1.807) is 6.07 Å². The lowest BCUT2D eigenvalue weighted by atomic mass is 9.87. The number of hydrogen-bond donors (Lipinski definition) is 3. The molecule has 3 N–H and O–H groups in total. The predicted molar refractivity (Wildman–Crippen MR) is 91.4 cm³/mol. The predicted octanol–water partition coefficient (Wildman–Crippen LogP) is 3.75. The highest BCUT2D eigenvalue weighted by atomic mass is 35.5. The van der Waals surface area contributed by atoms with E-state index in [1.165, 1.54) is 11.8 Å². The smallest absolute Gasteiger partial charge is 0.171 e. The zero-order valence-corrected chi connectivity index (χ0v) is 13.8. The summed E-state index contributed by atoms with van der Waals surface area (Å²) in [6, 6.07) is 9.52. The zero-order valence-electron chi connectivity index (χ0n) is 12.3. The fourth-order valence-electron chi connectivity index (χ4n) is 3.04. The van der Waals surface area contributed by atoms with Gasteiger partial charge in [-0.25, -0.2) is 0 Å². The molecule has 0 fully saturated rings. The maximum Gasteiger partial charge on any atom is 0.171 e. The monoisotopic (exact) mass is 335 g/mol. The van der Waals surface area contributed by atoms with Gasteiger partial charge in [-0.3, -0.25) is 0 Å². The van der Waals surface area contributed by atoms with E-state index in [2.05, 4.69) is 5.32 Å². The lowest BCUT2D eigenvalue weighted by Gasteiger charge is -2.21. The van der Waals surface area contributed by atoms with E-state index in [4.69, 9.17) is 11.6 Å². The maximum absolute atomic E-state index is 10.1. The highest BCUT2D eigenvalue weighted by molar-refractivity contribution is 7.98. The normalized spacial score (nSPS) is 17.8. The summed E-state index contributed by atoms with van der Waals surface area (Å²) in [5.41, 5.74) is 3.34. The van der Waals surface area contributed by atoms with Crippen molar-refractivity contribution in [1.82, 2.24) is 5.32 Å². The molecule has 1 aliphatic heterocycles. The Morgan fingerprint density at radius 2 is 1.95 bits per heavy atom. The van der Waals surface area contributed by atoms with Crippen LogP contribution < -0.4 is 5.32 Å². The molecule has 22 heavy (non-hydrogen) atoms. The number of benzene rings is 2. The van der Waals surface area contributed by atoms with Crippen LogP contribution in [-0.4, -0.2) is 29.6 Å². The fourth-order valence-corrected chi connectivity index (χ4v) is 3.93. The van der Waals surface area contributed by atoms with Crippen LogP contribution in [0.4, 0.5) is 0 Å². The molecule has 116 valence electrons. The molecule has 3 rings (SSSR count). The summed E-state index contributed by atoms with van der Waals surface area (Å²) in [6.45, 7) is 1.65. The van der Waals surface area contributed by atoms with E-state index in [-0.39, 0.29) is 17.4 Å². The Morgan fingerprint density at radius 3 is 2.64 bits per heavy atom. The molecule has 0 amide bonds. The minimum atomic E-state index is -0.0519. The first-order valence-corrected chi connectivity index (χ1v) is 8.80. The molecule has 0 saturated heterocycles. The molecule has 1 atom stereocenters. The van der Waals surface area contributed by atoms with Crippen molar-refractivity contribution in [1.29, 1.82) is 0 Å². The average molecular weight is 336 g/mol. The van der Waals surface area contributed by atoms with Crippen LogP contribution in [0.1, 0.15) is 22.6 Å². The van der Waals surface area contributed by atoms with E-state index in [1.807, 2.05) is 30.5 Å². The van der Waals surface area contributed by atoms with Gasteiger partial charge in [-0.15, -0.1) is 11.8 Å². The largest absolute Gasteiger partial charge is 0.504 e. The van der Waals surface area contributed by atoms with Crippen molar-refractivity contribution in [3.8, 4) is 11.5 Å². The summed E-state index contributed by atoms with van der Waals surface area (Å²) in [4.78, 5) is 0.776. The fraction of sp³-hybridized carbons (Fsp3) is 0.294. The number of fused-ring (bicyclic) bond motifs is 1. The summed E-state index contributed by atoms with van der Waals surface area (Å²) in [5.74, 6) is 0.0686. The van der Waals surface area contributed by atoms with Crippen molar-refractivity contribution in [2.75, 3.05) is 19.3 Å². The van der Waals surface area contributed by atoms with Gasteiger partial charge >= 0.3 is 0 Å². The van der Waals surface area contributed by atoms with Crippen molar-refractivity contribution in [3.63, 3.8) is 0 Å². The molecule has 0 aliphatic carbocycles. The van der Waals surface area contributed by atoms with Crippen LogP contribution in [0.3, 0.4) is 0 Å². The Kier molecular flexibility index (Phi) is 4.52. The molecular formula is C17H18ClNO2S. The third-order valence-corrected chi connectivity index (χ3v) is 5.22. The summed E-state index contributed by atoms with van der Waals surface area (Å²) >= 11 is 7.46. The van der Waals surface area contributed by atoms with E-state index < -0.39 is 0 Å². The molecule has 2 aromatic carbocycles. The summed E-state index contributed by atoms with van der Waals surface area (Å²) in [5, 5.41) is 24.4. The van der Waals surface area contributed by atoms with E-state index in [0.29, 0.717) is 5.02 Å². The number of halogens is 1. The van der Waals surface area contributed by atoms with Crippen LogP contribution in [0.15, 0.2) is 35.2 Å². The van der Waals surface area contributed by atoms with Crippen LogP contribution in [0.5, 0.6) is 11.5 Å². The third kappa shape index (κ3) is 2.78. The molecule has 2 aromatic rings. The second-order valence-corrected chi connectivity index (χ2v) is 6.66. The van der Waals surface area contributed by atoms with Gasteiger partial charge in [0.25, 0.3) is 0 Å². The van der Waals surface area contributed by atoms with E-state index in [0.717, 1.165) is 41.1 Å². The Morgan fingerprint density at radius 1 is 1.23 bits per heavy atom. The Labute approximate surface area is 139 Å². The molecule has 3 nitrogen and oxygen atoms in total. The zero-order chi connectivity index (χ0) is 15.7. The number of thioether (sulfide) groups is 1. The highest BCUT2D eigenvalue weighted by Gasteiger charge is 2.25. The van der Waals surface area contributed by atoms with Gasteiger partial charge in [0.15, 0.2) is 11.5 Å². The number of phenols is 2. The molecule has 1 aliphatic rings. The topological polar surface area (TPSA) is 52.5 Å². The van der Waals surface area contributed by atoms with Gasteiger partial charge in [0.05, 0.1) is 4.90 Å². The summed E-state index contributed by atoms with van der Waals surface area (Å²) < 4.78 is 0. The molecule has 5 heteroatoms.